The first kappa shape index (κ1) is 18.2. The minimum Gasteiger partial charge on any atom is -0.383 e. The number of amides is 2. The number of piperidine rings is 1. The van der Waals surface area contributed by atoms with Crippen LogP contribution in [0, 0.1) is 5.92 Å². The Balaban J connectivity index is 1.64. The number of nitrogens with one attached hydrogen (secondary N) is 2. The number of aliphatic hydroxyl groups is 1. The van der Waals surface area contributed by atoms with E-state index in [-0.39, 0.29) is 12.6 Å². The standard InChI is InChI=1S/C17H29N3O2S/c1-3-8-20-9-6-14(7-10-20)12-18-16(21)19-13-17(2,22)15-5-4-11-23-15/h4-5,11,14,22H,3,6-10,12-13H2,1-2H3,(H2,18,19,21). The molecule has 1 unspecified atom stereocenters. The van der Waals surface area contributed by atoms with Crippen molar-refractivity contribution in [3.8, 4) is 0 Å². The molecule has 2 amide bonds. The van der Waals surface area contributed by atoms with Crippen LogP contribution in [0.5, 0.6) is 0 Å². The van der Waals surface area contributed by atoms with E-state index >= 15 is 0 Å². The Hall–Kier alpha value is -1.11. The molecule has 1 saturated heterocycles. The van der Waals surface area contributed by atoms with Crippen molar-refractivity contribution in [2.75, 3.05) is 32.7 Å². The summed E-state index contributed by atoms with van der Waals surface area (Å²) in [5.41, 5.74) is -1.02. The van der Waals surface area contributed by atoms with E-state index in [0.717, 1.165) is 30.8 Å². The van der Waals surface area contributed by atoms with Gasteiger partial charge < -0.3 is 20.6 Å². The molecule has 0 spiro atoms. The van der Waals surface area contributed by atoms with Crippen molar-refractivity contribution >= 4 is 17.4 Å². The smallest absolute Gasteiger partial charge is 0.314 e. The van der Waals surface area contributed by atoms with Gasteiger partial charge in [-0.2, -0.15) is 0 Å². The molecule has 1 fully saturated rings. The molecular weight excluding hydrogens is 310 g/mol. The summed E-state index contributed by atoms with van der Waals surface area (Å²) in [5, 5.41) is 18.0. The fourth-order valence-corrected chi connectivity index (χ4v) is 3.74. The van der Waals surface area contributed by atoms with Gasteiger partial charge in [0.15, 0.2) is 0 Å². The van der Waals surface area contributed by atoms with Crippen LogP contribution in [0.2, 0.25) is 0 Å². The first-order chi connectivity index (χ1) is 11.0. The summed E-state index contributed by atoms with van der Waals surface area (Å²) < 4.78 is 0. The molecule has 0 aliphatic carbocycles. The van der Waals surface area contributed by atoms with E-state index in [0.29, 0.717) is 12.5 Å². The van der Waals surface area contributed by atoms with Crippen LogP contribution in [0.3, 0.4) is 0 Å². The summed E-state index contributed by atoms with van der Waals surface area (Å²) >= 11 is 1.50. The van der Waals surface area contributed by atoms with Crippen molar-refractivity contribution < 1.29 is 9.90 Å². The predicted molar refractivity (Wildman–Crippen MR) is 94.7 cm³/mol. The van der Waals surface area contributed by atoms with Gasteiger partial charge in [0, 0.05) is 11.4 Å². The number of hydrogen-bond donors (Lipinski definition) is 3. The Kier molecular flexibility index (Phi) is 6.87. The third kappa shape index (κ3) is 5.79. The zero-order chi connectivity index (χ0) is 16.7. The van der Waals surface area contributed by atoms with Gasteiger partial charge in [-0.25, -0.2) is 4.79 Å². The van der Waals surface area contributed by atoms with E-state index in [1.54, 1.807) is 6.92 Å². The summed E-state index contributed by atoms with van der Waals surface area (Å²) in [6.07, 6.45) is 3.50. The topological polar surface area (TPSA) is 64.6 Å². The minimum absolute atomic E-state index is 0.196. The van der Waals surface area contributed by atoms with Crippen LogP contribution < -0.4 is 10.6 Å². The maximum atomic E-state index is 11.9. The lowest BCUT2D eigenvalue weighted by molar-refractivity contribution is 0.0630. The van der Waals surface area contributed by atoms with E-state index < -0.39 is 5.60 Å². The van der Waals surface area contributed by atoms with E-state index in [1.807, 2.05) is 17.5 Å². The molecule has 1 aliphatic rings. The van der Waals surface area contributed by atoms with Gasteiger partial charge in [-0.05, 0) is 63.2 Å². The highest BCUT2D eigenvalue weighted by molar-refractivity contribution is 7.10. The fourth-order valence-electron chi connectivity index (χ4n) is 2.95. The highest BCUT2D eigenvalue weighted by Crippen LogP contribution is 2.24. The summed E-state index contributed by atoms with van der Waals surface area (Å²) in [7, 11) is 0. The maximum Gasteiger partial charge on any atom is 0.314 e. The molecule has 1 aliphatic heterocycles. The van der Waals surface area contributed by atoms with Crippen molar-refractivity contribution in [3.63, 3.8) is 0 Å². The van der Waals surface area contributed by atoms with E-state index in [4.69, 9.17) is 0 Å². The summed E-state index contributed by atoms with van der Waals surface area (Å²) in [5.74, 6) is 0.562. The molecule has 0 radical (unpaired) electrons. The Morgan fingerprint density at radius 1 is 1.43 bits per heavy atom. The lowest BCUT2D eigenvalue weighted by atomic mass is 9.97. The number of rotatable bonds is 7. The van der Waals surface area contributed by atoms with Crippen LogP contribution in [0.15, 0.2) is 17.5 Å². The molecule has 0 saturated carbocycles. The quantitative estimate of drug-likeness (QED) is 0.715. The highest BCUT2D eigenvalue weighted by Gasteiger charge is 2.25. The molecular formula is C17H29N3O2S. The van der Waals surface area contributed by atoms with Crippen molar-refractivity contribution in [3.05, 3.63) is 22.4 Å². The van der Waals surface area contributed by atoms with Gasteiger partial charge in [0.2, 0.25) is 0 Å². The second kappa shape index (κ2) is 8.66. The molecule has 5 nitrogen and oxygen atoms in total. The third-order valence-corrected chi connectivity index (χ3v) is 5.57. The highest BCUT2D eigenvalue weighted by atomic mass is 32.1. The van der Waals surface area contributed by atoms with Crippen LogP contribution >= 0.6 is 11.3 Å². The number of thiophene rings is 1. The lowest BCUT2D eigenvalue weighted by Gasteiger charge is -2.31. The monoisotopic (exact) mass is 339 g/mol. The Morgan fingerprint density at radius 2 is 2.17 bits per heavy atom. The number of carbonyl (C=O) groups is 1. The Labute approximate surface area is 143 Å². The lowest BCUT2D eigenvalue weighted by Crippen LogP contribution is -2.45. The zero-order valence-corrected chi connectivity index (χ0v) is 15.0. The number of likely N-dealkylation sites (tertiary alicyclic amines) is 1. The average Bonchev–Trinajstić information content (AvgIpc) is 3.08. The van der Waals surface area contributed by atoms with Crippen LogP contribution in [0.1, 0.15) is 38.0 Å². The van der Waals surface area contributed by atoms with Gasteiger partial charge >= 0.3 is 6.03 Å². The second-order valence-electron chi connectivity index (χ2n) is 6.60. The van der Waals surface area contributed by atoms with Gasteiger partial charge in [-0.15, -0.1) is 11.3 Å². The van der Waals surface area contributed by atoms with E-state index in [9.17, 15) is 9.90 Å². The maximum absolute atomic E-state index is 11.9. The molecule has 1 aromatic rings. The van der Waals surface area contributed by atoms with Crippen molar-refractivity contribution in [1.82, 2.24) is 15.5 Å². The van der Waals surface area contributed by atoms with Gasteiger partial charge in [0.25, 0.3) is 0 Å². The summed E-state index contributed by atoms with van der Waals surface area (Å²) in [6.45, 7) is 8.31. The molecule has 2 heterocycles. The molecule has 2 rings (SSSR count). The first-order valence-corrected chi connectivity index (χ1v) is 9.39. The molecule has 6 heteroatoms. The fraction of sp³-hybridized carbons (Fsp3) is 0.706. The average molecular weight is 340 g/mol. The number of carbonyl (C=O) groups excluding carboxylic acids is 1. The SMILES string of the molecule is CCCN1CCC(CNC(=O)NCC(C)(O)c2cccs2)CC1. The van der Waals surface area contributed by atoms with E-state index in [2.05, 4.69) is 22.5 Å². The number of urea groups is 1. The largest absolute Gasteiger partial charge is 0.383 e. The van der Waals surface area contributed by atoms with Crippen LogP contribution in [0.25, 0.3) is 0 Å². The van der Waals surface area contributed by atoms with Crippen LogP contribution in [0.4, 0.5) is 4.79 Å². The van der Waals surface area contributed by atoms with E-state index in [1.165, 1.54) is 24.3 Å². The molecule has 0 aromatic carbocycles. The predicted octanol–water partition coefficient (Wildman–Crippen LogP) is 2.38. The second-order valence-corrected chi connectivity index (χ2v) is 7.55. The number of hydrogen-bond acceptors (Lipinski definition) is 4. The van der Waals surface area contributed by atoms with Crippen molar-refractivity contribution in [1.29, 1.82) is 0 Å². The Morgan fingerprint density at radius 3 is 2.78 bits per heavy atom. The third-order valence-electron chi connectivity index (χ3n) is 4.44. The number of nitrogens with zero attached hydrogens (tertiary/aromatic N) is 1. The molecule has 1 atom stereocenters. The van der Waals surface area contributed by atoms with Crippen LogP contribution in [-0.4, -0.2) is 48.8 Å². The molecule has 23 heavy (non-hydrogen) atoms. The molecule has 130 valence electrons. The van der Waals surface area contributed by atoms with Gasteiger partial charge in [0.1, 0.15) is 5.60 Å². The van der Waals surface area contributed by atoms with Gasteiger partial charge in [-0.1, -0.05) is 13.0 Å². The van der Waals surface area contributed by atoms with Crippen molar-refractivity contribution in [2.45, 2.75) is 38.7 Å². The summed E-state index contributed by atoms with van der Waals surface area (Å²) in [4.78, 5) is 15.3. The van der Waals surface area contributed by atoms with Crippen molar-refractivity contribution in [2.24, 2.45) is 5.92 Å². The van der Waals surface area contributed by atoms with Gasteiger partial charge in [0.05, 0.1) is 6.54 Å². The normalized spacial score (nSPS) is 19.3. The Bertz CT molecular complexity index is 468. The molecule has 1 aromatic heterocycles. The molecule has 0 bridgehead atoms. The van der Waals surface area contributed by atoms with Gasteiger partial charge in [-0.3, -0.25) is 0 Å². The summed E-state index contributed by atoms with van der Waals surface area (Å²) in [6, 6.07) is 3.59. The zero-order valence-electron chi connectivity index (χ0n) is 14.2. The minimum atomic E-state index is -1.02. The van der Waals surface area contributed by atoms with Crippen LogP contribution in [-0.2, 0) is 5.60 Å². The molecule has 3 N–H and O–H groups in total. The first-order valence-electron chi connectivity index (χ1n) is 8.51.